The van der Waals surface area contributed by atoms with Gasteiger partial charge in [-0.1, -0.05) is 65.8 Å². The molecule has 4 nitrogen and oxygen atoms in total. The molecule has 0 aliphatic carbocycles. The lowest BCUT2D eigenvalue weighted by Crippen LogP contribution is -2.19. The fraction of sp³-hybridized carbons (Fsp3) is 0.0870. The van der Waals surface area contributed by atoms with Crippen molar-refractivity contribution in [2.45, 2.75) is 18.7 Å². The van der Waals surface area contributed by atoms with Crippen LogP contribution in [0.4, 0.5) is 0 Å². The minimum atomic E-state index is -0.593. The lowest BCUT2D eigenvalue weighted by Gasteiger charge is -2.11. The van der Waals surface area contributed by atoms with Crippen molar-refractivity contribution in [1.29, 1.82) is 0 Å². The quantitative estimate of drug-likeness (QED) is 0.217. The summed E-state index contributed by atoms with van der Waals surface area (Å²) in [7, 11) is 0. The molecule has 0 fully saturated rings. The normalized spacial score (nSPS) is 11.2. The molecule has 5 heteroatoms. The van der Waals surface area contributed by atoms with Gasteiger partial charge in [0.05, 0.1) is 0 Å². The standard InChI is InChI=1S/C23H19NO3S/c1-15-8-6-7-11-19(15)22(24-27-16(2)25)23(26)20-13-12-18(14-21(20)28)17-9-4-3-5-10-17/h3-14,28H,1-2H3. The average Bonchev–Trinajstić information content (AvgIpc) is 2.69. The van der Waals surface area contributed by atoms with E-state index in [1.165, 1.54) is 6.92 Å². The second kappa shape index (κ2) is 8.67. The summed E-state index contributed by atoms with van der Waals surface area (Å²) in [5.41, 5.74) is 3.89. The largest absolute Gasteiger partial charge is 0.332 e. The van der Waals surface area contributed by atoms with Gasteiger partial charge in [-0.15, -0.1) is 12.6 Å². The molecule has 28 heavy (non-hydrogen) atoms. The van der Waals surface area contributed by atoms with E-state index in [0.717, 1.165) is 16.7 Å². The Bertz CT molecular complexity index is 1060. The summed E-state index contributed by atoms with van der Waals surface area (Å²) in [5.74, 6) is -0.954. The lowest BCUT2D eigenvalue weighted by molar-refractivity contribution is -0.140. The van der Waals surface area contributed by atoms with E-state index in [-0.39, 0.29) is 11.5 Å². The van der Waals surface area contributed by atoms with Gasteiger partial charge in [-0.2, -0.15) is 0 Å². The van der Waals surface area contributed by atoms with Gasteiger partial charge in [0, 0.05) is 22.9 Å². The Morgan fingerprint density at radius 1 is 0.857 bits per heavy atom. The third kappa shape index (κ3) is 4.38. The third-order valence-electron chi connectivity index (χ3n) is 4.23. The highest BCUT2D eigenvalue weighted by atomic mass is 32.1. The lowest BCUT2D eigenvalue weighted by atomic mass is 9.95. The van der Waals surface area contributed by atoms with E-state index >= 15 is 0 Å². The van der Waals surface area contributed by atoms with Gasteiger partial charge in [-0.3, -0.25) is 4.79 Å². The predicted molar refractivity (Wildman–Crippen MR) is 113 cm³/mol. The topological polar surface area (TPSA) is 55.7 Å². The number of aryl methyl sites for hydroxylation is 1. The molecule has 0 saturated heterocycles. The average molecular weight is 389 g/mol. The van der Waals surface area contributed by atoms with Crippen LogP contribution in [0.2, 0.25) is 0 Å². The number of ketones is 1. The molecule has 0 radical (unpaired) electrons. The summed E-state index contributed by atoms with van der Waals surface area (Å²) in [6.07, 6.45) is 0. The highest BCUT2D eigenvalue weighted by Gasteiger charge is 2.21. The van der Waals surface area contributed by atoms with Gasteiger partial charge < -0.3 is 4.84 Å². The number of Topliss-reactive ketones (excluding diaryl/α,β-unsaturated/α-hetero) is 1. The minimum absolute atomic E-state index is 0.0658. The molecule has 0 heterocycles. The van der Waals surface area contributed by atoms with Gasteiger partial charge in [0.15, 0.2) is 5.71 Å². The molecule has 0 N–H and O–H groups in total. The summed E-state index contributed by atoms with van der Waals surface area (Å²) in [6.45, 7) is 3.11. The van der Waals surface area contributed by atoms with E-state index in [2.05, 4.69) is 17.8 Å². The van der Waals surface area contributed by atoms with Crippen LogP contribution < -0.4 is 0 Å². The Labute approximate surface area is 169 Å². The molecular formula is C23H19NO3S. The molecule has 0 aliphatic rings. The summed E-state index contributed by atoms with van der Waals surface area (Å²) >= 11 is 4.52. The van der Waals surface area contributed by atoms with Crippen molar-refractivity contribution >= 4 is 30.1 Å². The van der Waals surface area contributed by atoms with Gasteiger partial charge in [0.2, 0.25) is 5.78 Å². The maximum atomic E-state index is 13.2. The van der Waals surface area contributed by atoms with Gasteiger partial charge in [-0.25, -0.2) is 4.79 Å². The molecule has 0 amide bonds. The highest BCUT2D eigenvalue weighted by Crippen LogP contribution is 2.26. The van der Waals surface area contributed by atoms with Gasteiger partial charge in [-0.05, 0) is 35.7 Å². The van der Waals surface area contributed by atoms with Gasteiger partial charge in [0.25, 0.3) is 0 Å². The number of carbonyl (C=O) groups excluding carboxylic acids is 2. The van der Waals surface area contributed by atoms with Crippen molar-refractivity contribution in [1.82, 2.24) is 0 Å². The second-order valence-corrected chi connectivity index (χ2v) is 6.75. The van der Waals surface area contributed by atoms with Crippen LogP contribution in [0.5, 0.6) is 0 Å². The van der Waals surface area contributed by atoms with Crippen LogP contribution in [0.15, 0.2) is 82.8 Å². The first-order valence-corrected chi connectivity index (χ1v) is 9.17. The predicted octanol–water partition coefficient (Wildman–Crippen LogP) is 5.10. The first-order chi connectivity index (χ1) is 13.5. The second-order valence-electron chi connectivity index (χ2n) is 6.26. The number of carbonyl (C=O) groups is 2. The summed E-state index contributed by atoms with van der Waals surface area (Å²) < 4.78 is 0. The first-order valence-electron chi connectivity index (χ1n) is 8.72. The molecule has 0 saturated carbocycles. The Morgan fingerprint density at radius 2 is 1.54 bits per heavy atom. The molecule has 0 aromatic heterocycles. The fourth-order valence-electron chi connectivity index (χ4n) is 2.82. The zero-order valence-corrected chi connectivity index (χ0v) is 16.4. The molecular weight excluding hydrogens is 370 g/mol. The van der Waals surface area contributed by atoms with Crippen LogP contribution in [0.25, 0.3) is 11.1 Å². The minimum Gasteiger partial charge on any atom is -0.318 e. The van der Waals surface area contributed by atoms with E-state index in [0.29, 0.717) is 16.0 Å². The Morgan fingerprint density at radius 3 is 2.18 bits per heavy atom. The number of thiol groups is 1. The third-order valence-corrected chi connectivity index (χ3v) is 4.60. The van der Waals surface area contributed by atoms with E-state index in [9.17, 15) is 9.59 Å². The number of hydrogen-bond donors (Lipinski definition) is 1. The number of benzene rings is 3. The maximum Gasteiger partial charge on any atom is 0.332 e. The number of nitrogens with zero attached hydrogens (tertiary/aromatic N) is 1. The van der Waals surface area contributed by atoms with Crippen LogP contribution in [0.3, 0.4) is 0 Å². The summed E-state index contributed by atoms with van der Waals surface area (Å²) in [6, 6.07) is 22.6. The highest BCUT2D eigenvalue weighted by molar-refractivity contribution is 7.80. The molecule has 0 unspecified atom stereocenters. The van der Waals surface area contributed by atoms with E-state index in [1.54, 1.807) is 18.2 Å². The molecule has 0 spiro atoms. The van der Waals surface area contributed by atoms with Crippen molar-refractivity contribution in [2.24, 2.45) is 5.16 Å². The van der Waals surface area contributed by atoms with Crippen LogP contribution in [0, 0.1) is 6.92 Å². The van der Waals surface area contributed by atoms with Gasteiger partial charge in [0.1, 0.15) is 0 Å². The number of oxime groups is 1. The Hall–Kier alpha value is -3.18. The zero-order valence-electron chi connectivity index (χ0n) is 15.5. The molecule has 0 bridgehead atoms. The van der Waals surface area contributed by atoms with Crippen LogP contribution in [0.1, 0.15) is 28.4 Å². The number of rotatable bonds is 5. The Kier molecular flexibility index (Phi) is 6.06. The molecule has 3 rings (SSSR count). The van der Waals surface area contributed by atoms with E-state index < -0.39 is 5.97 Å². The summed E-state index contributed by atoms with van der Waals surface area (Å²) in [5, 5.41) is 3.84. The van der Waals surface area contributed by atoms with Crippen LogP contribution >= 0.6 is 12.6 Å². The van der Waals surface area contributed by atoms with Crippen LogP contribution in [-0.2, 0) is 9.63 Å². The van der Waals surface area contributed by atoms with Gasteiger partial charge >= 0.3 is 5.97 Å². The van der Waals surface area contributed by atoms with Crippen molar-refractivity contribution in [3.8, 4) is 11.1 Å². The Balaban J connectivity index is 2.03. The molecule has 140 valence electrons. The van der Waals surface area contributed by atoms with Crippen molar-refractivity contribution < 1.29 is 14.4 Å². The molecule has 3 aromatic carbocycles. The summed E-state index contributed by atoms with van der Waals surface area (Å²) in [4.78, 5) is 29.8. The van der Waals surface area contributed by atoms with Crippen LogP contribution in [-0.4, -0.2) is 17.5 Å². The smallest absolute Gasteiger partial charge is 0.318 e. The first kappa shape index (κ1) is 19.6. The van der Waals surface area contributed by atoms with E-state index in [1.807, 2.05) is 61.5 Å². The van der Waals surface area contributed by atoms with Crippen molar-refractivity contribution in [2.75, 3.05) is 0 Å². The zero-order chi connectivity index (χ0) is 20.1. The molecule has 0 atom stereocenters. The molecule has 0 aliphatic heterocycles. The molecule has 3 aromatic rings. The maximum absolute atomic E-state index is 13.2. The SMILES string of the molecule is CC(=O)ON=C(C(=O)c1ccc(-c2ccccc2)cc1S)c1ccccc1C. The fourth-order valence-corrected chi connectivity index (χ4v) is 3.14. The van der Waals surface area contributed by atoms with E-state index in [4.69, 9.17) is 4.84 Å². The van der Waals surface area contributed by atoms with Crippen molar-refractivity contribution in [3.05, 3.63) is 89.5 Å². The van der Waals surface area contributed by atoms with Crippen molar-refractivity contribution in [3.63, 3.8) is 0 Å². The number of hydrogen-bond acceptors (Lipinski definition) is 5. The monoisotopic (exact) mass is 389 g/mol.